The molecule has 2 aromatic rings. The van der Waals surface area contributed by atoms with Gasteiger partial charge in [-0.1, -0.05) is 24.4 Å². The van der Waals surface area contributed by atoms with Crippen molar-refractivity contribution < 1.29 is 22.7 Å². The van der Waals surface area contributed by atoms with Crippen LogP contribution >= 0.6 is 11.8 Å². The number of carbonyl (C=O) groups is 1. The molecule has 1 atom stereocenters. The van der Waals surface area contributed by atoms with Crippen molar-refractivity contribution in [2.24, 2.45) is 15.9 Å². The molecule has 0 bridgehead atoms. The maximum Gasteiger partial charge on any atom is 0.573 e. The number of aromatic nitrogens is 3. The zero-order valence-corrected chi connectivity index (χ0v) is 17.7. The number of nitrogens with zero attached hydrogens (tertiary/aromatic N) is 6. The number of alkyl halides is 3. The van der Waals surface area contributed by atoms with Crippen molar-refractivity contribution in [3.05, 3.63) is 65.9 Å². The summed E-state index contributed by atoms with van der Waals surface area (Å²) >= 11 is 1.35. The van der Waals surface area contributed by atoms with Gasteiger partial charge in [-0.3, -0.25) is 4.79 Å². The molecule has 0 saturated carbocycles. The molecule has 12 heteroatoms. The molecule has 0 N–H and O–H groups in total. The van der Waals surface area contributed by atoms with Gasteiger partial charge in [0.05, 0.1) is 22.2 Å². The monoisotopic (exact) mass is 472 g/mol. The lowest BCUT2D eigenvalue weighted by molar-refractivity contribution is -0.274. The summed E-state index contributed by atoms with van der Waals surface area (Å²) in [6.07, 6.45) is 2.94. The first-order valence-corrected chi connectivity index (χ1v) is 10.7. The number of hydrogen-bond donors (Lipinski definition) is 0. The lowest BCUT2D eigenvalue weighted by Crippen LogP contribution is -2.32. The quantitative estimate of drug-likeness (QED) is 0.676. The number of halogens is 3. The van der Waals surface area contributed by atoms with Gasteiger partial charge >= 0.3 is 6.36 Å². The van der Waals surface area contributed by atoms with Gasteiger partial charge in [0.25, 0.3) is 0 Å². The predicted molar refractivity (Wildman–Crippen MR) is 117 cm³/mol. The van der Waals surface area contributed by atoms with Crippen LogP contribution in [0.4, 0.5) is 13.2 Å². The molecule has 1 unspecified atom stereocenters. The second kappa shape index (κ2) is 8.03. The van der Waals surface area contributed by atoms with Crippen LogP contribution in [0.2, 0.25) is 0 Å². The number of aliphatic imine (C=N–C) groups is 2. The van der Waals surface area contributed by atoms with Crippen LogP contribution < -0.4 is 4.74 Å². The van der Waals surface area contributed by atoms with Crippen LogP contribution in [0.25, 0.3) is 11.3 Å². The number of rotatable bonds is 3. The van der Waals surface area contributed by atoms with Crippen LogP contribution in [0.1, 0.15) is 12.2 Å². The third-order valence-corrected chi connectivity index (χ3v) is 5.93. The van der Waals surface area contributed by atoms with Crippen LogP contribution in [0.3, 0.4) is 0 Å². The Morgan fingerprint density at radius 2 is 2.00 bits per heavy atom. The highest BCUT2D eigenvalue weighted by Crippen LogP contribution is 2.33. The SMILES string of the molecule is C=C1SCC(=O)N1C1=NC2=CC(c3ncn(-c4ccc(OC(F)(F)F)cc4)n3)=CCC2C=N1. The van der Waals surface area contributed by atoms with Gasteiger partial charge in [0.2, 0.25) is 11.9 Å². The first-order valence-electron chi connectivity index (χ1n) is 9.74. The standard InChI is InChI=1S/C21H15F3N6O2S/c1-12-30(18(31)10-33-12)20-25-9-14-3-2-13(8-17(14)27-20)19-26-11-29(28-19)15-4-6-16(7-5-15)32-21(22,23)24/h2,4-9,11,14H,1,3,10H2. The fourth-order valence-corrected chi connectivity index (χ4v) is 4.21. The number of ether oxygens (including phenoxy) is 1. The maximum absolute atomic E-state index is 12.3. The number of amides is 1. The van der Waals surface area contributed by atoms with Crippen molar-refractivity contribution in [1.29, 1.82) is 0 Å². The zero-order valence-electron chi connectivity index (χ0n) is 16.9. The Kier molecular flexibility index (Phi) is 5.16. The van der Waals surface area contributed by atoms with E-state index in [1.54, 1.807) is 6.21 Å². The third-order valence-electron chi connectivity index (χ3n) is 5.02. The number of fused-ring (bicyclic) bond motifs is 1. The van der Waals surface area contributed by atoms with Crippen LogP contribution in [-0.2, 0) is 4.79 Å². The van der Waals surface area contributed by atoms with E-state index in [9.17, 15) is 18.0 Å². The number of hydrogen-bond acceptors (Lipinski definition) is 7. The van der Waals surface area contributed by atoms with Crippen molar-refractivity contribution in [2.45, 2.75) is 12.8 Å². The molecule has 1 aromatic carbocycles. The zero-order chi connectivity index (χ0) is 23.2. The van der Waals surface area contributed by atoms with Gasteiger partial charge < -0.3 is 4.74 Å². The highest BCUT2D eigenvalue weighted by molar-refractivity contribution is 8.04. The van der Waals surface area contributed by atoms with Crippen molar-refractivity contribution in [1.82, 2.24) is 19.7 Å². The smallest absolute Gasteiger partial charge is 0.406 e. The lowest BCUT2D eigenvalue weighted by atomic mass is 9.93. The van der Waals surface area contributed by atoms with Crippen molar-refractivity contribution in [3.8, 4) is 11.4 Å². The summed E-state index contributed by atoms with van der Waals surface area (Å²) in [5.41, 5.74) is 2.01. The summed E-state index contributed by atoms with van der Waals surface area (Å²) in [6.45, 7) is 3.88. The minimum absolute atomic E-state index is 0.0145. The average Bonchev–Trinajstić information content (AvgIpc) is 3.39. The van der Waals surface area contributed by atoms with E-state index in [-0.39, 0.29) is 17.6 Å². The Balaban J connectivity index is 1.36. The van der Waals surface area contributed by atoms with Gasteiger partial charge in [0, 0.05) is 17.7 Å². The fraction of sp³-hybridized carbons (Fsp3) is 0.190. The van der Waals surface area contributed by atoms with E-state index in [0.29, 0.717) is 34.7 Å². The summed E-state index contributed by atoms with van der Waals surface area (Å²) in [6, 6.07) is 5.32. The van der Waals surface area contributed by atoms with Gasteiger partial charge in [-0.05, 0) is 36.8 Å². The Morgan fingerprint density at radius 1 is 1.21 bits per heavy atom. The molecule has 168 valence electrons. The normalized spacial score (nSPS) is 20.4. The summed E-state index contributed by atoms with van der Waals surface area (Å²) < 4.78 is 42.4. The molecule has 3 aliphatic rings. The van der Waals surface area contributed by atoms with Crippen molar-refractivity contribution in [3.63, 3.8) is 0 Å². The van der Waals surface area contributed by atoms with Crippen LogP contribution in [0.5, 0.6) is 5.75 Å². The Labute approximate surface area is 189 Å². The van der Waals surface area contributed by atoms with Crippen molar-refractivity contribution in [2.75, 3.05) is 5.75 Å². The van der Waals surface area contributed by atoms with E-state index in [1.807, 2.05) is 12.2 Å². The molecule has 1 fully saturated rings. The average molecular weight is 472 g/mol. The molecule has 1 aliphatic carbocycles. The summed E-state index contributed by atoms with van der Waals surface area (Å²) in [5.74, 6) is 0.595. The van der Waals surface area contributed by atoms with E-state index < -0.39 is 6.36 Å². The first kappa shape index (κ1) is 21.2. The molecule has 2 aliphatic heterocycles. The van der Waals surface area contributed by atoms with Gasteiger partial charge in [0.1, 0.15) is 12.1 Å². The number of thioether (sulfide) groups is 1. The topological polar surface area (TPSA) is 85.0 Å². The number of carbonyl (C=O) groups excluding carboxylic acids is 1. The third kappa shape index (κ3) is 4.33. The van der Waals surface area contributed by atoms with Gasteiger partial charge in [-0.25, -0.2) is 24.6 Å². The summed E-state index contributed by atoms with van der Waals surface area (Å²) in [7, 11) is 0. The molecule has 8 nitrogen and oxygen atoms in total. The Bertz CT molecular complexity index is 1240. The van der Waals surface area contributed by atoms with Gasteiger partial charge in [0.15, 0.2) is 5.82 Å². The minimum Gasteiger partial charge on any atom is -0.406 e. The molecule has 3 heterocycles. The maximum atomic E-state index is 12.3. The molecule has 0 radical (unpaired) electrons. The lowest BCUT2D eigenvalue weighted by Gasteiger charge is -2.23. The number of allylic oxidation sites excluding steroid dienone is 4. The molecule has 1 amide bonds. The molecule has 33 heavy (non-hydrogen) atoms. The van der Waals surface area contributed by atoms with E-state index >= 15 is 0 Å². The number of benzene rings is 1. The second-order valence-electron chi connectivity index (χ2n) is 7.23. The van der Waals surface area contributed by atoms with E-state index in [2.05, 4.69) is 31.4 Å². The number of guanidine groups is 1. The van der Waals surface area contributed by atoms with Crippen molar-refractivity contribution >= 4 is 35.4 Å². The highest BCUT2D eigenvalue weighted by Gasteiger charge is 2.32. The highest BCUT2D eigenvalue weighted by atomic mass is 32.2. The van der Waals surface area contributed by atoms with Crippen LogP contribution in [0, 0.1) is 5.92 Å². The Hall–Kier alpha value is -3.67. The fourth-order valence-electron chi connectivity index (χ4n) is 3.47. The minimum atomic E-state index is -4.75. The van der Waals surface area contributed by atoms with Gasteiger partial charge in [-0.15, -0.1) is 18.3 Å². The predicted octanol–water partition coefficient (Wildman–Crippen LogP) is 3.94. The van der Waals surface area contributed by atoms with Gasteiger partial charge in [-0.2, -0.15) is 0 Å². The second-order valence-corrected chi connectivity index (χ2v) is 8.28. The largest absolute Gasteiger partial charge is 0.573 e. The molecular formula is C21H15F3N6O2S. The molecule has 1 aromatic heterocycles. The summed E-state index contributed by atoms with van der Waals surface area (Å²) in [4.78, 5) is 26.8. The van der Waals surface area contributed by atoms with E-state index in [1.165, 1.54) is 51.9 Å². The Morgan fingerprint density at radius 3 is 2.70 bits per heavy atom. The molecule has 5 rings (SSSR count). The van der Waals surface area contributed by atoms with E-state index in [4.69, 9.17) is 0 Å². The van der Waals surface area contributed by atoms with Crippen LogP contribution in [0.15, 0.2) is 70.0 Å². The summed E-state index contributed by atoms with van der Waals surface area (Å²) in [5, 5.41) is 5.02. The molecule has 0 spiro atoms. The molecule has 1 saturated heterocycles. The van der Waals surface area contributed by atoms with Crippen LogP contribution in [-0.4, -0.2) is 49.9 Å². The van der Waals surface area contributed by atoms with E-state index in [0.717, 1.165) is 11.3 Å². The molecular weight excluding hydrogens is 457 g/mol. The first-order chi connectivity index (χ1) is 15.8.